The van der Waals surface area contributed by atoms with E-state index in [0.29, 0.717) is 58.2 Å². The van der Waals surface area contributed by atoms with Gasteiger partial charge in [0.2, 0.25) is 11.8 Å². The van der Waals surface area contributed by atoms with Crippen molar-refractivity contribution in [3.05, 3.63) is 179 Å². The smallest absolute Gasteiger partial charge is 0.497 e. The summed E-state index contributed by atoms with van der Waals surface area (Å²) in [7, 11) is 4.61. The van der Waals surface area contributed by atoms with Crippen molar-refractivity contribution in [2.45, 2.75) is 37.5 Å². The Balaban J connectivity index is 0.000000245. The molecule has 16 heteroatoms. The summed E-state index contributed by atoms with van der Waals surface area (Å²) in [5.74, 6) is 0.694. The molecule has 65 heavy (non-hydrogen) atoms. The summed E-state index contributed by atoms with van der Waals surface area (Å²) in [6, 6.07) is 38.5. The maximum Gasteiger partial charge on any atom is 0.573 e. The molecule has 2 amide bonds. The number of hydrogen-bond donors (Lipinski definition) is 2. The van der Waals surface area contributed by atoms with E-state index in [-0.39, 0.29) is 24.7 Å². The lowest BCUT2D eigenvalue weighted by Gasteiger charge is -2.26. The lowest BCUT2D eigenvalue weighted by atomic mass is 10.0. The Morgan fingerprint density at radius 3 is 1.37 bits per heavy atom. The minimum atomic E-state index is -4.81. The molecule has 0 spiro atoms. The third-order valence-corrected chi connectivity index (χ3v) is 10.1. The van der Waals surface area contributed by atoms with E-state index in [9.17, 15) is 35.9 Å². The fourth-order valence-corrected chi connectivity index (χ4v) is 6.64. The van der Waals surface area contributed by atoms with Crippen molar-refractivity contribution in [1.29, 1.82) is 0 Å². The molecule has 0 aliphatic rings. The number of nitrogens with two attached hydrogens (primary N) is 2. The number of amides is 2. The normalized spacial score (nSPS) is 12.2. The minimum absolute atomic E-state index is 0.230. The van der Waals surface area contributed by atoms with Crippen LogP contribution >= 0.6 is 0 Å². The quantitative estimate of drug-likeness (QED) is 0.0919. The summed E-state index contributed by atoms with van der Waals surface area (Å²) in [5.41, 5.74) is 15.7. The van der Waals surface area contributed by atoms with E-state index in [1.165, 1.54) is 43.4 Å². The van der Waals surface area contributed by atoms with Gasteiger partial charge < -0.3 is 40.2 Å². The van der Waals surface area contributed by atoms with Crippen LogP contribution in [0, 0.1) is 0 Å². The van der Waals surface area contributed by atoms with Crippen LogP contribution in [-0.2, 0) is 28.6 Å². The van der Waals surface area contributed by atoms with Crippen LogP contribution in [0.4, 0.5) is 37.7 Å². The number of ether oxygens (including phenoxy) is 4. The number of benzene rings is 6. The molecular formula is C49H48F6N4O6. The second kappa shape index (κ2) is 22.5. The van der Waals surface area contributed by atoms with Crippen LogP contribution in [0.15, 0.2) is 152 Å². The number of hydrogen-bond acceptors (Lipinski definition) is 8. The maximum absolute atomic E-state index is 13.3. The average molecular weight is 903 g/mol. The Hall–Kier alpha value is -7.04. The molecule has 10 nitrogen and oxygen atoms in total. The molecule has 0 saturated heterocycles. The molecule has 6 rings (SSSR count). The van der Waals surface area contributed by atoms with Crippen molar-refractivity contribution < 1.29 is 54.9 Å². The second-order valence-corrected chi connectivity index (χ2v) is 14.4. The van der Waals surface area contributed by atoms with Crippen molar-refractivity contribution in [1.82, 2.24) is 0 Å². The van der Waals surface area contributed by atoms with E-state index in [1.807, 2.05) is 30.3 Å². The van der Waals surface area contributed by atoms with Crippen molar-refractivity contribution in [3.63, 3.8) is 0 Å². The van der Waals surface area contributed by atoms with E-state index in [4.69, 9.17) is 25.7 Å². The van der Waals surface area contributed by atoms with Gasteiger partial charge in [-0.05, 0) is 108 Å². The van der Waals surface area contributed by atoms with Gasteiger partial charge in [0, 0.05) is 24.5 Å². The number of nitrogens with zero attached hydrogens (tertiary/aromatic N) is 2. The first-order valence-corrected chi connectivity index (χ1v) is 20.1. The summed E-state index contributed by atoms with van der Waals surface area (Å²) in [6.07, 6.45) is -8.38. The first-order valence-electron chi connectivity index (χ1n) is 20.1. The summed E-state index contributed by atoms with van der Waals surface area (Å²) in [6.45, 7) is 0.491. The zero-order valence-electron chi connectivity index (χ0n) is 35.7. The van der Waals surface area contributed by atoms with Crippen LogP contribution in [0.3, 0.4) is 0 Å². The zero-order chi connectivity index (χ0) is 47.1. The van der Waals surface area contributed by atoms with Gasteiger partial charge >= 0.3 is 12.5 Å². The Labute approximate surface area is 372 Å². The SMILES string of the molecule is COc1ccc(CCN(C(=O)C(N)c2ccccc2)c2ccc(OC(F)(F)F)cc2)cc1OC.COc1ccc(N(CCc2ccc(C(F)(F)F)cc2)C(=O)C(N)c2ccccc2)cc1. The molecular weight excluding hydrogens is 855 g/mol. The van der Waals surface area contributed by atoms with Gasteiger partial charge in [-0.15, -0.1) is 13.2 Å². The molecule has 2 unspecified atom stereocenters. The molecule has 6 aromatic rings. The highest BCUT2D eigenvalue weighted by atomic mass is 19.4. The third kappa shape index (κ3) is 14.0. The van der Waals surface area contributed by atoms with E-state index < -0.39 is 36.1 Å². The van der Waals surface area contributed by atoms with Gasteiger partial charge in [0.1, 0.15) is 23.6 Å². The number of rotatable bonds is 16. The molecule has 0 heterocycles. The molecule has 0 bridgehead atoms. The van der Waals surface area contributed by atoms with Crippen molar-refractivity contribution in [2.75, 3.05) is 44.2 Å². The molecule has 0 radical (unpaired) electrons. The maximum atomic E-state index is 13.3. The lowest BCUT2D eigenvalue weighted by molar-refractivity contribution is -0.274. The number of anilines is 2. The number of carbonyl (C=O) groups excluding carboxylic acids is 2. The molecule has 6 aromatic carbocycles. The van der Waals surface area contributed by atoms with Crippen molar-refractivity contribution in [3.8, 4) is 23.0 Å². The van der Waals surface area contributed by atoms with E-state index in [2.05, 4.69) is 4.74 Å². The molecule has 4 N–H and O–H groups in total. The monoisotopic (exact) mass is 902 g/mol. The van der Waals surface area contributed by atoms with Crippen LogP contribution in [0.1, 0.15) is 39.9 Å². The van der Waals surface area contributed by atoms with Gasteiger partial charge in [-0.1, -0.05) is 78.9 Å². The largest absolute Gasteiger partial charge is 0.573 e. The fourth-order valence-electron chi connectivity index (χ4n) is 6.64. The predicted octanol–water partition coefficient (Wildman–Crippen LogP) is 9.87. The predicted molar refractivity (Wildman–Crippen MR) is 236 cm³/mol. The highest BCUT2D eigenvalue weighted by Crippen LogP contribution is 2.32. The van der Waals surface area contributed by atoms with E-state index in [1.54, 1.807) is 84.8 Å². The summed E-state index contributed by atoms with van der Waals surface area (Å²) < 4.78 is 95.7. The lowest BCUT2D eigenvalue weighted by Crippen LogP contribution is -2.40. The van der Waals surface area contributed by atoms with Crippen molar-refractivity contribution >= 4 is 23.2 Å². The third-order valence-electron chi connectivity index (χ3n) is 10.1. The molecule has 342 valence electrons. The first-order chi connectivity index (χ1) is 31.0. The summed E-state index contributed by atoms with van der Waals surface area (Å²) >= 11 is 0. The zero-order valence-corrected chi connectivity index (χ0v) is 35.7. The van der Waals surface area contributed by atoms with Gasteiger partial charge in [-0.3, -0.25) is 9.59 Å². The standard InChI is InChI=1S/C25H25F3N2O4.C24H23F3N2O2/c1-32-21-13-8-17(16-22(21)33-2)14-15-30(24(31)23(29)18-6-4-3-5-7-18)19-9-11-20(12-10-19)34-25(26,27)28;1-31-21-13-11-20(12-14-21)29(23(30)22(28)18-5-3-2-4-6-18)16-15-17-7-9-19(10-8-17)24(25,26)27/h3-13,16,23H,14-15,29H2,1-2H3;2-14,22H,15-16,28H2,1H3. The Kier molecular flexibility index (Phi) is 17.0. The van der Waals surface area contributed by atoms with Gasteiger partial charge in [-0.25, -0.2) is 0 Å². The van der Waals surface area contributed by atoms with Crippen molar-refractivity contribution in [2.24, 2.45) is 11.5 Å². The van der Waals surface area contributed by atoms with Crippen LogP contribution in [-0.4, -0.2) is 52.6 Å². The number of alkyl halides is 6. The summed E-state index contributed by atoms with van der Waals surface area (Å²) in [4.78, 5) is 29.6. The number of carbonyl (C=O) groups is 2. The first kappa shape index (κ1) is 49.0. The Morgan fingerprint density at radius 2 is 0.954 bits per heavy atom. The van der Waals surface area contributed by atoms with Crippen LogP contribution in [0.2, 0.25) is 0 Å². The molecule has 0 aliphatic heterocycles. The van der Waals surface area contributed by atoms with Gasteiger partial charge in [0.25, 0.3) is 0 Å². The highest BCUT2D eigenvalue weighted by Gasteiger charge is 2.32. The van der Waals surface area contributed by atoms with Gasteiger partial charge in [0.15, 0.2) is 11.5 Å². The fraction of sp³-hybridized carbons (Fsp3) is 0.224. The topological polar surface area (TPSA) is 130 Å². The molecule has 0 aromatic heterocycles. The Bertz CT molecular complexity index is 2420. The highest BCUT2D eigenvalue weighted by molar-refractivity contribution is 5.98. The number of methoxy groups -OCH3 is 3. The van der Waals surface area contributed by atoms with Crippen LogP contribution in [0.25, 0.3) is 0 Å². The van der Waals surface area contributed by atoms with Gasteiger partial charge in [0.05, 0.1) is 26.9 Å². The summed E-state index contributed by atoms with van der Waals surface area (Å²) in [5, 5.41) is 0. The average Bonchev–Trinajstić information content (AvgIpc) is 3.31. The molecule has 0 fully saturated rings. The number of halogens is 6. The van der Waals surface area contributed by atoms with Crippen LogP contribution in [0.5, 0.6) is 23.0 Å². The second-order valence-electron chi connectivity index (χ2n) is 14.4. The molecule has 2 atom stereocenters. The minimum Gasteiger partial charge on any atom is -0.497 e. The molecule has 0 aliphatic carbocycles. The van der Waals surface area contributed by atoms with E-state index >= 15 is 0 Å². The van der Waals surface area contributed by atoms with Gasteiger partial charge in [-0.2, -0.15) is 13.2 Å². The van der Waals surface area contributed by atoms with E-state index in [0.717, 1.165) is 29.8 Å². The Morgan fingerprint density at radius 1 is 0.523 bits per heavy atom. The molecule has 0 saturated carbocycles. The van der Waals surface area contributed by atoms with Crippen LogP contribution < -0.4 is 40.2 Å².